The van der Waals surface area contributed by atoms with Crippen molar-refractivity contribution in [1.82, 2.24) is 5.48 Å². The number of aryl methyl sites for hydroxylation is 2. The highest BCUT2D eigenvalue weighted by Gasteiger charge is 2.16. The van der Waals surface area contributed by atoms with Crippen molar-refractivity contribution < 1.29 is 14.4 Å². The molecule has 2 rings (SSSR count). The maximum atomic E-state index is 12.0. The minimum Gasteiger partial charge on any atom is -0.370 e. The molecule has 0 spiro atoms. The molecule has 0 unspecified atom stereocenters. The molecule has 0 heterocycles. The van der Waals surface area contributed by atoms with E-state index >= 15 is 0 Å². The van der Waals surface area contributed by atoms with E-state index in [4.69, 9.17) is 22.0 Å². The first-order valence-electron chi connectivity index (χ1n) is 10.9. The molecular formula is C24H33N5O3. The minimum atomic E-state index is -0.856. The van der Waals surface area contributed by atoms with E-state index in [0.717, 1.165) is 31.2 Å². The second-order valence-corrected chi connectivity index (χ2v) is 7.69. The lowest BCUT2D eigenvalue weighted by Crippen LogP contribution is -2.38. The van der Waals surface area contributed by atoms with Gasteiger partial charge in [0.2, 0.25) is 0 Å². The Labute approximate surface area is 189 Å². The molecule has 1 amide bonds. The van der Waals surface area contributed by atoms with Crippen LogP contribution in [0.1, 0.15) is 42.4 Å². The molecule has 0 fully saturated rings. The first kappa shape index (κ1) is 24.9. The Morgan fingerprint density at radius 3 is 2.09 bits per heavy atom. The van der Waals surface area contributed by atoms with Crippen LogP contribution in [0.25, 0.3) is 0 Å². The second kappa shape index (κ2) is 13.8. The number of rotatable bonds is 12. The van der Waals surface area contributed by atoms with Gasteiger partial charge in [-0.3, -0.25) is 9.79 Å². The zero-order chi connectivity index (χ0) is 23.2. The number of amides is 1. The number of nitrogens with one attached hydrogen (secondary N) is 1. The highest BCUT2D eigenvalue weighted by molar-refractivity contribution is 5.81. The number of unbranched alkanes of at least 4 members (excludes halogenated alkanes) is 1. The number of hydrogen-bond acceptors (Lipinski definition) is 5. The van der Waals surface area contributed by atoms with Crippen molar-refractivity contribution in [3.8, 4) is 0 Å². The first-order valence-corrected chi connectivity index (χ1v) is 10.9. The molecule has 2 aromatic carbocycles. The van der Waals surface area contributed by atoms with E-state index in [9.17, 15) is 9.59 Å². The van der Waals surface area contributed by atoms with Crippen molar-refractivity contribution in [3.05, 3.63) is 71.3 Å². The predicted molar refractivity (Wildman–Crippen MR) is 125 cm³/mol. The average molecular weight is 440 g/mol. The van der Waals surface area contributed by atoms with Crippen LogP contribution in [-0.4, -0.2) is 30.4 Å². The maximum absolute atomic E-state index is 12.0. The first-order chi connectivity index (χ1) is 15.4. The monoisotopic (exact) mass is 439 g/mol. The van der Waals surface area contributed by atoms with Crippen LogP contribution in [0, 0.1) is 0 Å². The Morgan fingerprint density at radius 1 is 0.875 bits per heavy atom. The van der Waals surface area contributed by atoms with E-state index in [2.05, 4.69) is 34.7 Å². The molecule has 0 saturated carbocycles. The van der Waals surface area contributed by atoms with E-state index in [1.807, 2.05) is 30.3 Å². The van der Waals surface area contributed by atoms with Crippen LogP contribution in [0.3, 0.4) is 0 Å². The summed E-state index contributed by atoms with van der Waals surface area (Å²) in [5.41, 5.74) is 21.8. The smallest absolute Gasteiger partial charge is 0.348 e. The fourth-order valence-corrected chi connectivity index (χ4v) is 3.17. The summed E-state index contributed by atoms with van der Waals surface area (Å²) in [6.45, 7) is 0.374. The Balaban J connectivity index is 1.63. The van der Waals surface area contributed by atoms with Crippen LogP contribution < -0.4 is 22.7 Å². The number of guanidine groups is 1. The van der Waals surface area contributed by atoms with Gasteiger partial charge >= 0.3 is 5.97 Å². The van der Waals surface area contributed by atoms with Crippen molar-refractivity contribution in [1.29, 1.82) is 0 Å². The Bertz CT molecular complexity index is 865. The topological polar surface area (TPSA) is 146 Å². The lowest BCUT2D eigenvalue weighted by Gasteiger charge is -2.11. The summed E-state index contributed by atoms with van der Waals surface area (Å²) in [5, 5.41) is 0. The van der Waals surface area contributed by atoms with Gasteiger partial charge in [0.05, 0.1) is 6.42 Å². The van der Waals surface area contributed by atoms with Gasteiger partial charge in [-0.2, -0.15) is 5.48 Å². The summed E-state index contributed by atoms with van der Waals surface area (Å²) in [7, 11) is 0. The molecule has 0 aliphatic carbocycles. The molecule has 0 radical (unpaired) electrons. The van der Waals surface area contributed by atoms with Crippen LogP contribution in [0.15, 0.2) is 59.6 Å². The highest BCUT2D eigenvalue weighted by Crippen LogP contribution is 2.11. The van der Waals surface area contributed by atoms with E-state index in [1.165, 1.54) is 11.1 Å². The Hall–Kier alpha value is -3.39. The molecule has 0 aromatic heterocycles. The molecule has 7 N–H and O–H groups in total. The SMILES string of the molecule is NC(N)=NCCC[C@H](N)C(=O)ONC(=O)Cc1ccc(CCCCc2ccccc2)cc1. The second-order valence-electron chi connectivity index (χ2n) is 7.69. The quantitative estimate of drug-likeness (QED) is 0.171. The van der Waals surface area contributed by atoms with Crippen molar-refractivity contribution >= 4 is 17.8 Å². The molecule has 172 valence electrons. The minimum absolute atomic E-state index is 0.00972. The van der Waals surface area contributed by atoms with E-state index in [1.54, 1.807) is 0 Å². The van der Waals surface area contributed by atoms with Crippen LogP contribution in [0.5, 0.6) is 0 Å². The molecule has 32 heavy (non-hydrogen) atoms. The van der Waals surface area contributed by atoms with Gasteiger partial charge in [0.15, 0.2) is 5.96 Å². The summed E-state index contributed by atoms with van der Waals surface area (Å²) in [6.07, 6.45) is 5.31. The number of nitrogens with two attached hydrogens (primary N) is 3. The number of nitrogens with zero attached hydrogens (tertiary/aromatic N) is 1. The van der Waals surface area contributed by atoms with Gasteiger partial charge in [-0.1, -0.05) is 54.6 Å². The molecule has 0 aliphatic heterocycles. The number of carbonyl (C=O) groups is 2. The lowest BCUT2D eigenvalue weighted by atomic mass is 10.0. The number of carbonyl (C=O) groups excluding carboxylic acids is 2. The molecule has 8 nitrogen and oxygen atoms in total. The number of benzene rings is 2. The van der Waals surface area contributed by atoms with Gasteiger partial charge in [0, 0.05) is 6.54 Å². The zero-order valence-corrected chi connectivity index (χ0v) is 18.3. The predicted octanol–water partition coefficient (Wildman–Crippen LogP) is 1.75. The van der Waals surface area contributed by atoms with E-state index < -0.39 is 17.9 Å². The van der Waals surface area contributed by atoms with Gasteiger partial charge < -0.3 is 22.0 Å². The number of aliphatic imine (C=N–C) groups is 1. The maximum Gasteiger partial charge on any atom is 0.348 e. The van der Waals surface area contributed by atoms with Gasteiger partial charge in [0.25, 0.3) is 5.91 Å². The molecule has 0 bridgehead atoms. The van der Waals surface area contributed by atoms with Crippen LogP contribution in [0.4, 0.5) is 0 Å². The summed E-state index contributed by atoms with van der Waals surface area (Å²) >= 11 is 0. The lowest BCUT2D eigenvalue weighted by molar-refractivity contribution is -0.159. The van der Waals surface area contributed by atoms with Crippen molar-refractivity contribution in [3.63, 3.8) is 0 Å². The highest BCUT2D eigenvalue weighted by atomic mass is 16.7. The van der Waals surface area contributed by atoms with Gasteiger partial charge in [0.1, 0.15) is 6.04 Å². The fraction of sp³-hybridized carbons (Fsp3) is 0.375. The van der Waals surface area contributed by atoms with E-state index in [-0.39, 0.29) is 12.4 Å². The normalized spacial score (nSPS) is 11.4. The Morgan fingerprint density at radius 2 is 1.47 bits per heavy atom. The number of hydroxylamine groups is 1. The summed E-state index contributed by atoms with van der Waals surface area (Å²) in [5.74, 6) is -1.12. The average Bonchev–Trinajstić information content (AvgIpc) is 2.79. The molecule has 0 saturated heterocycles. The molecule has 1 atom stereocenters. The zero-order valence-electron chi connectivity index (χ0n) is 18.3. The summed E-state index contributed by atoms with van der Waals surface area (Å²) in [6, 6.07) is 17.5. The van der Waals surface area contributed by atoms with Gasteiger partial charge in [-0.05, 0) is 55.2 Å². The van der Waals surface area contributed by atoms with Crippen LogP contribution in [0.2, 0.25) is 0 Å². The molecule has 8 heteroatoms. The summed E-state index contributed by atoms with van der Waals surface area (Å²) < 4.78 is 0. The fourth-order valence-electron chi connectivity index (χ4n) is 3.17. The Kier molecular flexibility index (Phi) is 10.7. The van der Waals surface area contributed by atoms with Gasteiger partial charge in [-0.25, -0.2) is 4.79 Å². The largest absolute Gasteiger partial charge is 0.370 e. The van der Waals surface area contributed by atoms with Crippen molar-refractivity contribution in [2.75, 3.05) is 6.54 Å². The molecule has 2 aromatic rings. The third-order valence-corrected chi connectivity index (χ3v) is 4.95. The van der Waals surface area contributed by atoms with Crippen LogP contribution >= 0.6 is 0 Å². The van der Waals surface area contributed by atoms with E-state index in [0.29, 0.717) is 19.4 Å². The summed E-state index contributed by atoms with van der Waals surface area (Å²) in [4.78, 5) is 32.5. The van der Waals surface area contributed by atoms with Gasteiger partial charge in [-0.15, -0.1) is 0 Å². The van der Waals surface area contributed by atoms with Crippen LogP contribution in [-0.2, 0) is 33.7 Å². The molecule has 0 aliphatic rings. The number of hydrogen-bond donors (Lipinski definition) is 4. The third-order valence-electron chi connectivity index (χ3n) is 4.95. The third kappa shape index (κ3) is 10.1. The van der Waals surface area contributed by atoms with Crippen molar-refractivity contribution in [2.45, 2.75) is 51.0 Å². The standard InChI is InChI=1S/C24H33N5O3/c25-21(11-6-16-28-24(26)27)23(31)32-29-22(30)17-20-14-12-19(13-15-20)10-5-4-9-18-7-2-1-3-8-18/h1-3,7-8,12-15,21H,4-6,9-11,16-17,25H2,(H,29,30)(H4,26,27,28)/t21-/m0/s1. The van der Waals surface area contributed by atoms with Crippen molar-refractivity contribution in [2.24, 2.45) is 22.2 Å². The molecular weight excluding hydrogens is 406 g/mol.